The first-order valence-electron chi connectivity index (χ1n) is 7.92. The minimum atomic E-state index is -0.569. The van der Waals surface area contributed by atoms with Gasteiger partial charge in [-0.2, -0.15) is 15.4 Å². The highest BCUT2D eigenvalue weighted by atomic mass is 16.1. The summed E-state index contributed by atoms with van der Waals surface area (Å²) in [6.45, 7) is 8.41. The molecule has 0 atom stereocenters. The maximum absolute atomic E-state index is 11.5. The Morgan fingerprint density at radius 3 is 2.57 bits per heavy atom. The summed E-state index contributed by atoms with van der Waals surface area (Å²) in [5, 5.41) is 10.5. The van der Waals surface area contributed by atoms with Gasteiger partial charge in [0, 0.05) is 38.3 Å². The van der Waals surface area contributed by atoms with E-state index in [4.69, 9.17) is 5.73 Å². The Labute approximate surface area is 135 Å². The number of rotatable bonds is 5. The van der Waals surface area contributed by atoms with Gasteiger partial charge in [0.2, 0.25) is 0 Å². The van der Waals surface area contributed by atoms with Crippen molar-refractivity contribution in [3.05, 3.63) is 35.5 Å². The number of primary amides is 1. The quantitative estimate of drug-likeness (QED) is 0.848. The fourth-order valence-corrected chi connectivity index (χ4v) is 2.98. The molecule has 1 aliphatic rings. The highest BCUT2D eigenvalue weighted by Gasteiger charge is 2.20. The van der Waals surface area contributed by atoms with Gasteiger partial charge < -0.3 is 10.6 Å². The lowest BCUT2D eigenvalue weighted by molar-refractivity contribution is 0.0996. The highest BCUT2D eigenvalue weighted by Crippen LogP contribution is 2.25. The summed E-state index contributed by atoms with van der Waals surface area (Å²) in [4.78, 5) is 16.4. The van der Waals surface area contributed by atoms with Crippen LogP contribution in [0.5, 0.6) is 0 Å². The zero-order chi connectivity index (χ0) is 16.2. The SMILES string of the molecule is CCN1CCN(Cc2ccccc2-c2n[nH]nc2C(N)=O)CC1. The van der Waals surface area contributed by atoms with Crippen molar-refractivity contribution in [2.75, 3.05) is 32.7 Å². The number of hydrogen-bond acceptors (Lipinski definition) is 5. The summed E-state index contributed by atoms with van der Waals surface area (Å²) in [5.74, 6) is -0.569. The number of aromatic nitrogens is 3. The van der Waals surface area contributed by atoms with Crippen LogP contribution in [0.25, 0.3) is 11.3 Å². The van der Waals surface area contributed by atoms with Crippen molar-refractivity contribution < 1.29 is 4.79 Å². The van der Waals surface area contributed by atoms with E-state index >= 15 is 0 Å². The number of benzene rings is 1. The first-order chi connectivity index (χ1) is 11.2. The summed E-state index contributed by atoms with van der Waals surface area (Å²) >= 11 is 0. The van der Waals surface area contributed by atoms with E-state index in [0.717, 1.165) is 50.4 Å². The van der Waals surface area contributed by atoms with E-state index in [-0.39, 0.29) is 5.69 Å². The third-order valence-electron chi connectivity index (χ3n) is 4.36. The first kappa shape index (κ1) is 15.6. The summed E-state index contributed by atoms with van der Waals surface area (Å²) in [5.41, 5.74) is 8.14. The van der Waals surface area contributed by atoms with Crippen molar-refractivity contribution in [1.82, 2.24) is 25.2 Å². The van der Waals surface area contributed by atoms with Crippen molar-refractivity contribution in [2.45, 2.75) is 13.5 Å². The lowest BCUT2D eigenvalue weighted by atomic mass is 10.0. The number of nitrogens with one attached hydrogen (secondary N) is 1. The number of piperazine rings is 1. The number of likely N-dealkylation sites (N-methyl/N-ethyl adjacent to an activating group) is 1. The number of H-pyrrole nitrogens is 1. The second-order valence-electron chi connectivity index (χ2n) is 5.75. The number of nitrogens with zero attached hydrogens (tertiary/aromatic N) is 4. The van der Waals surface area contributed by atoms with Crippen molar-refractivity contribution >= 4 is 5.91 Å². The van der Waals surface area contributed by atoms with Gasteiger partial charge in [-0.05, 0) is 12.1 Å². The van der Waals surface area contributed by atoms with E-state index in [0.29, 0.717) is 5.69 Å². The molecule has 1 aromatic heterocycles. The van der Waals surface area contributed by atoms with Gasteiger partial charge in [0.25, 0.3) is 5.91 Å². The Balaban J connectivity index is 1.81. The molecule has 0 bridgehead atoms. The Morgan fingerprint density at radius 2 is 1.87 bits per heavy atom. The van der Waals surface area contributed by atoms with Gasteiger partial charge in [0.15, 0.2) is 5.69 Å². The van der Waals surface area contributed by atoms with Crippen LogP contribution >= 0.6 is 0 Å². The van der Waals surface area contributed by atoms with E-state index in [1.807, 2.05) is 18.2 Å². The first-order valence-corrected chi connectivity index (χ1v) is 7.92. The highest BCUT2D eigenvalue weighted by molar-refractivity contribution is 5.97. The molecule has 2 aromatic rings. The zero-order valence-electron chi connectivity index (χ0n) is 13.3. The van der Waals surface area contributed by atoms with Gasteiger partial charge in [-0.15, -0.1) is 0 Å². The molecule has 0 radical (unpaired) electrons. The Morgan fingerprint density at radius 1 is 1.17 bits per heavy atom. The van der Waals surface area contributed by atoms with Crippen molar-refractivity contribution in [2.24, 2.45) is 5.73 Å². The molecule has 7 heteroatoms. The molecule has 1 aliphatic heterocycles. The molecule has 1 aromatic carbocycles. The fraction of sp³-hybridized carbons (Fsp3) is 0.438. The van der Waals surface area contributed by atoms with E-state index in [1.165, 1.54) is 0 Å². The molecule has 3 rings (SSSR count). The Hall–Kier alpha value is -2.25. The second-order valence-corrected chi connectivity index (χ2v) is 5.75. The number of hydrogen-bond donors (Lipinski definition) is 2. The molecule has 0 spiro atoms. The topological polar surface area (TPSA) is 91.1 Å². The van der Waals surface area contributed by atoms with Crippen LogP contribution in [-0.4, -0.2) is 63.8 Å². The summed E-state index contributed by atoms with van der Waals surface area (Å²) in [6.07, 6.45) is 0. The third-order valence-corrected chi connectivity index (χ3v) is 4.36. The Kier molecular flexibility index (Phi) is 4.68. The molecular weight excluding hydrogens is 292 g/mol. The number of nitrogens with two attached hydrogens (primary N) is 1. The van der Waals surface area contributed by atoms with Gasteiger partial charge >= 0.3 is 0 Å². The molecule has 2 heterocycles. The molecular formula is C16H22N6O. The molecule has 0 unspecified atom stereocenters. The monoisotopic (exact) mass is 314 g/mol. The minimum absolute atomic E-state index is 0.188. The summed E-state index contributed by atoms with van der Waals surface area (Å²) in [7, 11) is 0. The van der Waals surface area contributed by atoms with Crippen LogP contribution in [0.1, 0.15) is 23.0 Å². The normalized spacial score (nSPS) is 16.6. The number of aromatic amines is 1. The van der Waals surface area contributed by atoms with Crippen molar-refractivity contribution in [3.8, 4) is 11.3 Å². The predicted molar refractivity (Wildman–Crippen MR) is 87.7 cm³/mol. The molecule has 3 N–H and O–H groups in total. The molecule has 23 heavy (non-hydrogen) atoms. The van der Waals surface area contributed by atoms with E-state index < -0.39 is 5.91 Å². The number of carbonyl (C=O) groups is 1. The predicted octanol–water partition coefficient (Wildman–Crippen LogP) is 0.708. The van der Waals surface area contributed by atoms with Crippen LogP contribution in [0.4, 0.5) is 0 Å². The van der Waals surface area contributed by atoms with Crippen LogP contribution in [0.15, 0.2) is 24.3 Å². The Bertz CT molecular complexity index is 675. The van der Waals surface area contributed by atoms with Crippen LogP contribution in [0.3, 0.4) is 0 Å². The molecule has 0 saturated carbocycles. The van der Waals surface area contributed by atoms with Gasteiger partial charge in [-0.1, -0.05) is 31.2 Å². The van der Waals surface area contributed by atoms with Gasteiger partial charge in [-0.3, -0.25) is 9.69 Å². The molecule has 7 nitrogen and oxygen atoms in total. The largest absolute Gasteiger partial charge is 0.364 e. The standard InChI is InChI=1S/C16H22N6O/c1-2-21-7-9-22(10-8-21)11-12-5-3-4-6-13(12)14-15(16(17)23)19-20-18-14/h3-6H,2,7-11H2,1H3,(H2,17,23)(H,18,19,20). The van der Waals surface area contributed by atoms with E-state index in [2.05, 4.69) is 38.2 Å². The second kappa shape index (κ2) is 6.89. The van der Waals surface area contributed by atoms with Crippen LogP contribution in [0.2, 0.25) is 0 Å². The zero-order valence-corrected chi connectivity index (χ0v) is 13.3. The smallest absolute Gasteiger partial charge is 0.271 e. The van der Waals surface area contributed by atoms with Crippen LogP contribution in [-0.2, 0) is 6.54 Å². The van der Waals surface area contributed by atoms with Gasteiger partial charge in [-0.25, -0.2) is 0 Å². The lowest BCUT2D eigenvalue weighted by Crippen LogP contribution is -2.45. The average molecular weight is 314 g/mol. The van der Waals surface area contributed by atoms with E-state index in [1.54, 1.807) is 0 Å². The molecule has 0 aliphatic carbocycles. The van der Waals surface area contributed by atoms with Crippen LogP contribution < -0.4 is 5.73 Å². The number of amides is 1. The van der Waals surface area contributed by atoms with Crippen LogP contribution in [0, 0.1) is 0 Å². The average Bonchev–Trinajstić information content (AvgIpc) is 3.06. The minimum Gasteiger partial charge on any atom is -0.364 e. The molecule has 1 amide bonds. The maximum Gasteiger partial charge on any atom is 0.271 e. The molecule has 122 valence electrons. The molecule has 1 fully saturated rings. The van der Waals surface area contributed by atoms with Gasteiger partial charge in [0.1, 0.15) is 5.69 Å². The van der Waals surface area contributed by atoms with E-state index in [9.17, 15) is 4.79 Å². The summed E-state index contributed by atoms with van der Waals surface area (Å²) < 4.78 is 0. The number of carbonyl (C=O) groups excluding carboxylic acids is 1. The van der Waals surface area contributed by atoms with Gasteiger partial charge in [0.05, 0.1) is 0 Å². The lowest BCUT2D eigenvalue weighted by Gasteiger charge is -2.34. The third kappa shape index (κ3) is 3.40. The summed E-state index contributed by atoms with van der Waals surface area (Å²) in [6, 6.07) is 7.97. The molecule has 1 saturated heterocycles. The fourth-order valence-electron chi connectivity index (χ4n) is 2.98. The van der Waals surface area contributed by atoms with Crippen molar-refractivity contribution in [1.29, 1.82) is 0 Å². The maximum atomic E-state index is 11.5. The van der Waals surface area contributed by atoms with Crippen molar-refractivity contribution in [3.63, 3.8) is 0 Å².